The van der Waals surface area contributed by atoms with Crippen LogP contribution in [0.2, 0.25) is 5.02 Å². The molecule has 2 rings (SSSR count). The van der Waals surface area contributed by atoms with E-state index in [-0.39, 0.29) is 33.1 Å². The van der Waals surface area contributed by atoms with E-state index in [0.29, 0.717) is 4.47 Å². The Kier molecular flexibility index (Phi) is 3.14. The first-order valence-corrected chi connectivity index (χ1v) is 6.97. The summed E-state index contributed by atoms with van der Waals surface area (Å²) in [6.07, 6.45) is 0. The molecule has 18 heavy (non-hydrogen) atoms. The first-order chi connectivity index (χ1) is 8.12. The van der Waals surface area contributed by atoms with Crippen LogP contribution in [0.25, 0.3) is 0 Å². The van der Waals surface area contributed by atoms with Crippen LogP contribution in [-0.4, -0.2) is 5.78 Å². The van der Waals surface area contributed by atoms with Gasteiger partial charge in [0.1, 0.15) is 0 Å². The lowest BCUT2D eigenvalue weighted by atomic mass is 10.0. The van der Waals surface area contributed by atoms with E-state index in [1.54, 1.807) is 6.07 Å². The predicted octanol–water partition coefficient (Wildman–Crippen LogP) is 5.11. The lowest BCUT2D eigenvalue weighted by molar-refractivity contribution is 0.0941. The van der Waals surface area contributed by atoms with Gasteiger partial charge in [-0.3, -0.25) is 4.79 Å². The molecular weight excluding hydrogens is 319 g/mol. The molecule has 0 aromatic heterocycles. The highest BCUT2D eigenvalue weighted by Gasteiger charge is 2.68. The molecule has 0 heterocycles. The van der Waals surface area contributed by atoms with E-state index < -0.39 is 5.82 Å². The largest absolute Gasteiger partial charge is 0.294 e. The van der Waals surface area contributed by atoms with Gasteiger partial charge in [0.15, 0.2) is 11.6 Å². The Morgan fingerprint density at radius 2 is 1.78 bits per heavy atom. The van der Waals surface area contributed by atoms with Crippen LogP contribution in [0.3, 0.4) is 0 Å². The second-order valence-electron chi connectivity index (χ2n) is 5.96. The zero-order valence-electron chi connectivity index (χ0n) is 10.8. The van der Waals surface area contributed by atoms with Crippen molar-refractivity contribution in [2.45, 2.75) is 27.7 Å². The van der Waals surface area contributed by atoms with Crippen molar-refractivity contribution in [3.8, 4) is 0 Å². The molecule has 1 nitrogen and oxygen atoms in total. The van der Waals surface area contributed by atoms with Crippen LogP contribution < -0.4 is 0 Å². The van der Waals surface area contributed by atoms with E-state index in [4.69, 9.17) is 11.6 Å². The zero-order chi connectivity index (χ0) is 13.9. The summed E-state index contributed by atoms with van der Waals surface area (Å²) < 4.78 is 14.5. The van der Waals surface area contributed by atoms with Gasteiger partial charge >= 0.3 is 0 Å². The van der Waals surface area contributed by atoms with E-state index >= 15 is 0 Å². The highest BCUT2D eigenvalue weighted by Crippen LogP contribution is 2.69. The molecule has 1 aromatic carbocycles. The molecule has 0 saturated heterocycles. The molecule has 0 radical (unpaired) electrons. The van der Waals surface area contributed by atoms with Crippen LogP contribution in [0, 0.1) is 22.6 Å². The van der Waals surface area contributed by atoms with Crippen molar-refractivity contribution < 1.29 is 9.18 Å². The van der Waals surface area contributed by atoms with Crippen molar-refractivity contribution in [1.82, 2.24) is 0 Å². The van der Waals surface area contributed by atoms with Gasteiger partial charge in [0.25, 0.3) is 0 Å². The normalized spacial score (nSPS) is 20.8. The molecule has 0 bridgehead atoms. The van der Waals surface area contributed by atoms with Crippen LogP contribution in [0.15, 0.2) is 16.6 Å². The summed E-state index contributed by atoms with van der Waals surface area (Å²) >= 11 is 8.96. The number of hydrogen-bond acceptors (Lipinski definition) is 1. The number of rotatable bonds is 2. The number of ketones is 1. The SMILES string of the molecule is CC1(C)C(C(=O)c2ccc(Br)c(Cl)c2F)C1(C)C. The van der Waals surface area contributed by atoms with Crippen LogP contribution in [0.1, 0.15) is 38.1 Å². The molecule has 1 aliphatic carbocycles. The standard InChI is InChI=1S/C14H15BrClFO/c1-13(2)12(14(13,3)4)11(18)7-5-6-8(15)9(16)10(7)17/h5-6,12H,1-4H3. The van der Waals surface area contributed by atoms with Gasteiger partial charge in [-0.25, -0.2) is 4.39 Å². The molecule has 4 heteroatoms. The van der Waals surface area contributed by atoms with Gasteiger partial charge in [0, 0.05) is 10.4 Å². The van der Waals surface area contributed by atoms with E-state index in [2.05, 4.69) is 15.9 Å². The minimum atomic E-state index is -0.630. The Hall–Kier alpha value is -0.410. The lowest BCUT2D eigenvalue weighted by Gasteiger charge is -2.06. The number of benzene rings is 1. The highest BCUT2D eigenvalue weighted by molar-refractivity contribution is 9.10. The smallest absolute Gasteiger partial charge is 0.170 e. The monoisotopic (exact) mass is 332 g/mol. The summed E-state index contributed by atoms with van der Waals surface area (Å²) in [7, 11) is 0. The van der Waals surface area contributed by atoms with Crippen LogP contribution in [0.5, 0.6) is 0 Å². The summed E-state index contributed by atoms with van der Waals surface area (Å²) in [5.41, 5.74) is -0.113. The molecule has 1 aromatic rings. The third-order valence-corrected chi connectivity index (χ3v) is 5.84. The van der Waals surface area contributed by atoms with Crippen LogP contribution in [-0.2, 0) is 0 Å². The minimum Gasteiger partial charge on any atom is -0.294 e. The van der Waals surface area contributed by atoms with Gasteiger partial charge in [0.05, 0.1) is 10.6 Å². The van der Waals surface area contributed by atoms with E-state index in [9.17, 15) is 9.18 Å². The second kappa shape index (κ2) is 4.04. The fraction of sp³-hybridized carbons (Fsp3) is 0.500. The van der Waals surface area contributed by atoms with Crippen molar-refractivity contribution in [3.63, 3.8) is 0 Å². The Labute approximate surface area is 120 Å². The second-order valence-corrected chi connectivity index (χ2v) is 7.20. The maximum atomic E-state index is 14.0. The number of carbonyl (C=O) groups is 1. The molecule has 1 saturated carbocycles. The first-order valence-electron chi connectivity index (χ1n) is 5.80. The first kappa shape index (κ1) is 14.0. The summed E-state index contributed by atoms with van der Waals surface area (Å²) in [5.74, 6) is -0.941. The third-order valence-electron chi connectivity index (χ3n) is 4.58. The average molecular weight is 334 g/mol. The van der Waals surface area contributed by atoms with Gasteiger partial charge in [-0.05, 0) is 38.9 Å². The molecule has 0 atom stereocenters. The minimum absolute atomic E-state index is 0.0305. The molecule has 1 aliphatic rings. The summed E-state index contributed by atoms with van der Waals surface area (Å²) in [6, 6.07) is 3.11. The Morgan fingerprint density at radius 3 is 2.22 bits per heavy atom. The molecule has 0 N–H and O–H groups in total. The summed E-state index contributed by atoms with van der Waals surface area (Å²) in [5, 5.41) is -0.0305. The van der Waals surface area contributed by atoms with Crippen LogP contribution in [0.4, 0.5) is 4.39 Å². The lowest BCUT2D eigenvalue weighted by Crippen LogP contribution is -2.10. The van der Waals surface area contributed by atoms with Gasteiger partial charge in [0.2, 0.25) is 0 Å². The van der Waals surface area contributed by atoms with E-state index in [0.717, 1.165) is 0 Å². The maximum Gasteiger partial charge on any atom is 0.170 e. The molecule has 1 fully saturated rings. The van der Waals surface area contributed by atoms with Crippen molar-refractivity contribution in [1.29, 1.82) is 0 Å². The zero-order valence-corrected chi connectivity index (χ0v) is 13.1. The average Bonchev–Trinajstić information content (AvgIpc) is 2.65. The Balaban J connectivity index is 2.41. The molecular formula is C14H15BrClFO. The predicted molar refractivity (Wildman–Crippen MR) is 74.5 cm³/mol. The van der Waals surface area contributed by atoms with Gasteiger partial charge in [-0.2, -0.15) is 0 Å². The van der Waals surface area contributed by atoms with Crippen molar-refractivity contribution in [2.24, 2.45) is 16.7 Å². The third kappa shape index (κ3) is 1.75. The quantitative estimate of drug-likeness (QED) is 0.543. The van der Waals surface area contributed by atoms with E-state index in [1.165, 1.54) is 6.07 Å². The number of carbonyl (C=O) groups excluding carboxylic acids is 1. The summed E-state index contributed by atoms with van der Waals surface area (Å²) in [4.78, 5) is 12.4. The molecule has 0 amide bonds. The van der Waals surface area contributed by atoms with Crippen molar-refractivity contribution in [2.75, 3.05) is 0 Å². The molecule has 98 valence electrons. The van der Waals surface area contributed by atoms with E-state index in [1.807, 2.05) is 27.7 Å². The molecule has 0 aliphatic heterocycles. The number of hydrogen-bond donors (Lipinski definition) is 0. The van der Waals surface area contributed by atoms with Gasteiger partial charge in [-0.1, -0.05) is 39.3 Å². The molecule has 0 spiro atoms. The highest BCUT2D eigenvalue weighted by atomic mass is 79.9. The maximum absolute atomic E-state index is 14.0. The summed E-state index contributed by atoms with van der Waals surface area (Å²) in [6.45, 7) is 8.14. The Morgan fingerprint density at radius 1 is 1.28 bits per heavy atom. The fourth-order valence-corrected chi connectivity index (χ4v) is 3.19. The number of Topliss-reactive ketones (excluding diaryl/α,β-unsaturated/α-hetero) is 1. The van der Waals surface area contributed by atoms with Crippen molar-refractivity contribution in [3.05, 3.63) is 33.0 Å². The van der Waals surface area contributed by atoms with Crippen molar-refractivity contribution >= 4 is 33.3 Å². The van der Waals surface area contributed by atoms with Crippen LogP contribution >= 0.6 is 27.5 Å². The number of halogens is 3. The fourth-order valence-electron chi connectivity index (χ4n) is 2.72. The topological polar surface area (TPSA) is 17.1 Å². The Bertz CT molecular complexity index is 523. The van der Waals surface area contributed by atoms with Gasteiger partial charge in [-0.15, -0.1) is 0 Å². The molecule has 0 unspecified atom stereocenters. The van der Waals surface area contributed by atoms with Gasteiger partial charge < -0.3 is 0 Å².